The molecule has 3 atom stereocenters. The number of amides is 3. The normalized spacial score (nSPS) is 20.4. The molecule has 2 aliphatic rings. The standard InChI is InChI=1S/C28H35N3O4S/c1-18-9-7-8-12-21(18)16-29-26(34)24-28(2,3)36-17-31(24)27(35)23(32)22(30-25(33)20-13-14-20)15-19-10-5-4-6-11-19/h4-12,20,22-24,32H,13-17H2,1-3H3,(H,29,34)(H,30,33)/t22-,23-,24+/m0/s1. The first-order valence-corrected chi connectivity index (χ1v) is 13.4. The summed E-state index contributed by atoms with van der Waals surface area (Å²) in [5.41, 5.74) is 3.00. The number of carbonyl (C=O) groups excluding carboxylic acids is 3. The van der Waals surface area contributed by atoms with Gasteiger partial charge in [0.2, 0.25) is 11.8 Å². The highest BCUT2D eigenvalue weighted by molar-refractivity contribution is 8.00. The van der Waals surface area contributed by atoms with E-state index in [1.165, 1.54) is 16.7 Å². The molecule has 7 nitrogen and oxygen atoms in total. The molecule has 1 heterocycles. The van der Waals surface area contributed by atoms with E-state index in [2.05, 4.69) is 10.6 Å². The van der Waals surface area contributed by atoms with Gasteiger partial charge in [-0.2, -0.15) is 0 Å². The van der Waals surface area contributed by atoms with E-state index in [0.29, 0.717) is 18.8 Å². The molecule has 1 saturated heterocycles. The molecule has 0 aromatic heterocycles. The third kappa shape index (κ3) is 6.10. The number of aliphatic hydroxyl groups excluding tert-OH is 1. The first-order chi connectivity index (χ1) is 17.2. The summed E-state index contributed by atoms with van der Waals surface area (Å²) in [6.07, 6.45) is 0.511. The van der Waals surface area contributed by atoms with Crippen LogP contribution in [-0.2, 0) is 27.3 Å². The molecule has 8 heteroatoms. The summed E-state index contributed by atoms with van der Waals surface area (Å²) in [6.45, 7) is 6.23. The number of thioether (sulfide) groups is 1. The molecule has 1 aliphatic carbocycles. The predicted molar refractivity (Wildman–Crippen MR) is 141 cm³/mol. The number of aliphatic hydroxyl groups is 1. The summed E-state index contributed by atoms with van der Waals surface area (Å²) in [6, 6.07) is 15.8. The summed E-state index contributed by atoms with van der Waals surface area (Å²) in [7, 11) is 0. The van der Waals surface area contributed by atoms with Gasteiger partial charge in [-0.05, 0) is 56.7 Å². The van der Waals surface area contributed by atoms with E-state index in [1.54, 1.807) is 0 Å². The van der Waals surface area contributed by atoms with Crippen molar-refractivity contribution in [3.05, 3.63) is 71.3 Å². The van der Waals surface area contributed by atoms with Crippen molar-refractivity contribution in [2.45, 2.75) is 69.5 Å². The van der Waals surface area contributed by atoms with Crippen molar-refractivity contribution in [2.24, 2.45) is 5.92 Å². The van der Waals surface area contributed by atoms with Gasteiger partial charge < -0.3 is 20.6 Å². The highest BCUT2D eigenvalue weighted by atomic mass is 32.2. The molecule has 1 saturated carbocycles. The van der Waals surface area contributed by atoms with Crippen LogP contribution in [0.4, 0.5) is 0 Å². The molecule has 192 valence electrons. The first-order valence-electron chi connectivity index (χ1n) is 12.5. The van der Waals surface area contributed by atoms with Gasteiger partial charge >= 0.3 is 0 Å². The lowest BCUT2D eigenvalue weighted by atomic mass is 9.97. The van der Waals surface area contributed by atoms with E-state index in [0.717, 1.165) is 29.5 Å². The quantitative estimate of drug-likeness (QED) is 0.483. The molecule has 0 unspecified atom stereocenters. The highest BCUT2D eigenvalue weighted by Crippen LogP contribution is 2.40. The minimum absolute atomic E-state index is 0.0492. The average molecular weight is 510 g/mol. The smallest absolute Gasteiger partial charge is 0.254 e. The van der Waals surface area contributed by atoms with Crippen LogP contribution >= 0.6 is 11.8 Å². The second kappa shape index (κ2) is 11.0. The first kappa shape index (κ1) is 26.2. The molecule has 1 aliphatic heterocycles. The maximum Gasteiger partial charge on any atom is 0.254 e. The maximum absolute atomic E-state index is 13.6. The Labute approximate surface area is 217 Å². The van der Waals surface area contributed by atoms with Crippen LogP contribution in [0.5, 0.6) is 0 Å². The number of aryl methyl sites for hydroxylation is 1. The van der Waals surface area contributed by atoms with Gasteiger partial charge in [-0.1, -0.05) is 54.6 Å². The van der Waals surface area contributed by atoms with Gasteiger partial charge in [0.05, 0.1) is 11.9 Å². The predicted octanol–water partition coefficient (Wildman–Crippen LogP) is 2.79. The topological polar surface area (TPSA) is 98.7 Å². The minimum Gasteiger partial charge on any atom is -0.381 e. The molecule has 0 radical (unpaired) electrons. The fourth-order valence-corrected chi connectivity index (χ4v) is 5.74. The van der Waals surface area contributed by atoms with Gasteiger partial charge in [0.25, 0.3) is 5.91 Å². The third-order valence-corrected chi connectivity index (χ3v) is 8.37. The lowest BCUT2D eigenvalue weighted by molar-refractivity contribution is -0.147. The number of nitrogens with one attached hydrogen (secondary N) is 2. The molecule has 2 aromatic rings. The largest absolute Gasteiger partial charge is 0.381 e. The second-order valence-electron chi connectivity index (χ2n) is 10.3. The number of hydrogen-bond donors (Lipinski definition) is 3. The van der Waals surface area contributed by atoms with Crippen molar-refractivity contribution in [3.8, 4) is 0 Å². The lowest BCUT2D eigenvalue weighted by Gasteiger charge is -2.33. The molecular formula is C28H35N3O4S. The Morgan fingerprint density at radius 3 is 2.39 bits per heavy atom. The van der Waals surface area contributed by atoms with E-state index in [1.807, 2.05) is 75.4 Å². The zero-order valence-electron chi connectivity index (χ0n) is 21.1. The Morgan fingerprint density at radius 1 is 1.06 bits per heavy atom. The van der Waals surface area contributed by atoms with Gasteiger partial charge in [-0.25, -0.2) is 0 Å². The Kier molecular flexibility index (Phi) is 8.05. The summed E-state index contributed by atoms with van der Waals surface area (Å²) in [5, 5.41) is 17.1. The summed E-state index contributed by atoms with van der Waals surface area (Å²) in [4.78, 5) is 41.0. The number of benzene rings is 2. The van der Waals surface area contributed by atoms with Crippen LogP contribution in [0.1, 0.15) is 43.4 Å². The molecule has 2 aromatic carbocycles. The van der Waals surface area contributed by atoms with Crippen LogP contribution in [-0.4, -0.2) is 56.5 Å². The van der Waals surface area contributed by atoms with Crippen LogP contribution in [0.15, 0.2) is 54.6 Å². The van der Waals surface area contributed by atoms with Gasteiger partial charge in [-0.3, -0.25) is 14.4 Å². The second-order valence-corrected chi connectivity index (χ2v) is 11.9. The average Bonchev–Trinajstić information content (AvgIpc) is 3.66. The zero-order chi connectivity index (χ0) is 25.9. The minimum atomic E-state index is -1.46. The van der Waals surface area contributed by atoms with Gasteiger partial charge in [0, 0.05) is 17.2 Å². The lowest BCUT2D eigenvalue weighted by Crippen LogP contribution is -2.58. The van der Waals surface area contributed by atoms with Gasteiger partial charge in [0.15, 0.2) is 6.10 Å². The molecule has 36 heavy (non-hydrogen) atoms. The monoisotopic (exact) mass is 509 g/mol. The fraction of sp³-hybridized carbons (Fsp3) is 0.464. The van der Waals surface area contributed by atoms with E-state index in [9.17, 15) is 19.5 Å². The number of carbonyl (C=O) groups is 3. The van der Waals surface area contributed by atoms with Crippen LogP contribution in [0, 0.1) is 12.8 Å². The summed E-state index contributed by atoms with van der Waals surface area (Å²) >= 11 is 1.50. The van der Waals surface area contributed by atoms with Crippen molar-refractivity contribution >= 4 is 29.5 Å². The Balaban J connectivity index is 1.49. The molecular weight excluding hydrogens is 474 g/mol. The molecule has 0 spiro atoms. The number of hydrogen-bond acceptors (Lipinski definition) is 5. The van der Waals surface area contributed by atoms with E-state index in [-0.39, 0.29) is 17.7 Å². The molecule has 3 N–H and O–H groups in total. The van der Waals surface area contributed by atoms with Gasteiger partial charge in [-0.15, -0.1) is 11.8 Å². The fourth-order valence-electron chi connectivity index (χ4n) is 4.60. The van der Waals surface area contributed by atoms with Crippen LogP contribution in [0.25, 0.3) is 0 Å². The number of nitrogens with zero attached hydrogens (tertiary/aromatic N) is 1. The van der Waals surface area contributed by atoms with Crippen LogP contribution in [0.2, 0.25) is 0 Å². The SMILES string of the molecule is Cc1ccccc1CNC(=O)[C@H]1N(C(=O)[C@@H](O)[C@H](Cc2ccccc2)NC(=O)C2CC2)CSC1(C)C. The molecule has 4 rings (SSSR count). The Morgan fingerprint density at radius 2 is 1.72 bits per heavy atom. The highest BCUT2D eigenvalue weighted by Gasteiger charge is 2.50. The molecule has 3 amide bonds. The Bertz CT molecular complexity index is 1100. The summed E-state index contributed by atoms with van der Waals surface area (Å²) in [5.74, 6) is -0.685. The van der Waals surface area contributed by atoms with E-state index in [4.69, 9.17) is 0 Å². The van der Waals surface area contributed by atoms with E-state index < -0.39 is 28.8 Å². The third-order valence-electron chi connectivity index (χ3n) is 7.00. The van der Waals surface area contributed by atoms with Gasteiger partial charge in [0.1, 0.15) is 6.04 Å². The van der Waals surface area contributed by atoms with Crippen molar-refractivity contribution < 1.29 is 19.5 Å². The van der Waals surface area contributed by atoms with Crippen LogP contribution in [0.3, 0.4) is 0 Å². The summed E-state index contributed by atoms with van der Waals surface area (Å²) < 4.78 is -0.530. The van der Waals surface area contributed by atoms with E-state index >= 15 is 0 Å². The molecule has 2 fully saturated rings. The van der Waals surface area contributed by atoms with Crippen molar-refractivity contribution in [1.29, 1.82) is 0 Å². The maximum atomic E-state index is 13.6. The van der Waals surface area contributed by atoms with Crippen molar-refractivity contribution in [3.63, 3.8) is 0 Å². The van der Waals surface area contributed by atoms with Crippen LogP contribution < -0.4 is 10.6 Å². The molecule has 0 bridgehead atoms. The Hall–Kier alpha value is -2.84. The zero-order valence-corrected chi connectivity index (χ0v) is 21.9. The van der Waals surface area contributed by atoms with Crippen molar-refractivity contribution in [1.82, 2.24) is 15.5 Å². The van der Waals surface area contributed by atoms with Crippen molar-refractivity contribution in [2.75, 3.05) is 5.88 Å². The number of rotatable bonds is 9.